The summed E-state index contributed by atoms with van der Waals surface area (Å²) in [6.45, 7) is 8.14. The van der Waals surface area contributed by atoms with Crippen LogP contribution in [0.15, 0.2) is 42.5 Å². The molecule has 1 aliphatic rings. The molecule has 4 nitrogen and oxygen atoms in total. The molecule has 2 amide bonds. The topological polar surface area (TPSA) is 35.6 Å². The van der Waals surface area contributed by atoms with Crippen LogP contribution in [0.4, 0.5) is 10.5 Å². The van der Waals surface area contributed by atoms with Gasteiger partial charge in [0.25, 0.3) is 0 Å². The molecule has 0 radical (unpaired) electrons. The molecule has 138 valence electrons. The summed E-state index contributed by atoms with van der Waals surface area (Å²) < 4.78 is 0. The van der Waals surface area contributed by atoms with E-state index >= 15 is 0 Å². The Labute approximate surface area is 160 Å². The van der Waals surface area contributed by atoms with Crippen LogP contribution in [-0.2, 0) is 6.42 Å². The average molecular weight is 372 g/mol. The fourth-order valence-electron chi connectivity index (χ4n) is 3.39. The molecule has 0 aromatic heterocycles. The molecule has 0 bridgehead atoms. The van der Waals surface area contributed by atoms with Crippen LogP contribution in [0.1, 0.15) is 16.7 Å². The largest absolute Gasteiger partial charge is 0.368 e. The van der Waals surface area contributed by atoms with E-state index in [0.29, 0.717) is 6.54 Å². The number of benzene rings is 2. The van der Waals surface area contributed by atoms with Gasteiger partial charge in [-0.25, -0.2) is 4.79 Å². The fraction of sp³-hybridized carbons (Fsp3) is 0.381. The van der Waals surface area contributed by atoms with Crippen molar-refractivity contribution in [2.24, 2.45) is 0 Å². The van der Waals surface area contributed by atoms with Gasteiger partial charge in [-0.15, -0.1) is 0 Å². The first-order valence-electron chi connectivity index (χ1n) is 9.12. The van der Waals surface area contributed by atoms with E-state index in [1.165, 1.54) is 22.4 Å². The summed E-state index contributed by atoms with van der Waals surface area (Å²) in [4.78, 5) is 16.6. The average Bonchev–Trinajstić information content (AvgIpc) is 2.63. The standard InChI is InChI=1S/C21H26ClN3O/c1-16-3-8-20(17(2)15-16)24-11-13-25(14-12-24)21(26)23-10-9-18-4-6-19(22)7-5-18/h3-8,15H,9-14H2,1-2H3,(H,23,26). The Morgan fingerprint density at radius 3 is 2.38 bits per heavy atom. The molecule has 0 atom stereocenters. The summed E-state index contributed by atoms with van der Waals surface area (Å²) >= 11 is 5.89. The minimum Gasteiger partial charge on any atom is -0.368 e. The Kier molecular flexibility index (Phi) is 6.04. The predicted molar refractivity (Wildman–Crippen MR) is 108 cm³/mol. The van der Waals surface area contributed by atoms with Crippen LogP contribution >= 0.6 is 11.6 Å². The summed E-state index contributed by atoms with van der Waals surface area (Å²) in [6, 6.07) is 14.3. The van der Waals surface area contributed by atoms with Gasteiger partial charge in [0.2, 0.25) is 0 Å². The second kappa shape index (κ2) is 8.45. The van der Waals surface area contributed by atoms with Crippen molar-refractivity contribution in [1.82, 2.24) is 10.2 Å². The van der Waals surface area contributed by atoms with Crippen LogP contribution in [0.5, 0.6) is 0 Å². The predicted octanol–water partition coefficient (Wildman–Crippen LogP) is 4.03. The zero-order valence-electron chi connectivity index (χ0n) is 15.5. The van der Waals surface area contributed by atoms with E-state index in [9.17, 15) is 4.79 Å². The normalized spacial score (nSPS) is 14.4. The van der Waals surface area contributed by atoms with Crippen molar-refractivity contribution in [1.29, 1.82) is 0 Å². The first-order valence-corrected chi connectivity index (χ1v) is 9.50. The third-order valence-electron chi connectivity index (χ3n) is 4.86. The van der Waals surface area contributed by atoms with Crippen LogP contribution < -0.4 is 10.2 Å². The first kappa shape index (κ1) is 18.6. The van der Waals surface area contributed by atoms with E-state index in [0.717, 1.165) is 37.6 Å². The van der Waals surface area contributed by atoms with E-state index in [-0.39, 0.29) is 6.03 Å². The summed E-state index contributed by atoms with van der Waals surface area (Å²) in [7, 11) is 0. The zero-order chi connectivity index (χ0) is 18.5. The molecule has 26 heavy (non-hydrogen) atoms. The molecule has 1 N–H and O–H groups in total. The van der Waals surface area contributed by atoms with Crippen molar-refractivity contribution in [3.63, 3.8) is 0 Å². The molecular formula is C21H26ClN3O. The number of hydrogen-bond acceptors (Lipinski definition) is 2. The van der Waals surface area contributed by atoms with Crippen molar-refractivity contribution < 1.29 is 4.79 Å². The maximum Gasteiger partial charge on any atom is 0.317 e. The highest BCUT2D eigenvalue weighted by Gasteiger charge is 2.21. The summed E-state index contributed by atoms with van der Waals surface area (Å²) in [5.41, 5.74) is 5.03. The molecule has 0 spiro atoms. The number of halogens is 1. The number of nitrogens with zero attached hydrogens (tertiary/aromatic N) is 2. The van der Waals surface area contributed by atoms with E-state index in [2.05, 4.69) is 42.3 Å². The molecule has 1 heterocycles. The van der Waals surface area contributed by atoms with Gasteiger partial charge >= 0.3 is 6.03 Å². The van der Waals surface area contributed by atoms with E-state index < -0.39 is 0 Å². The quantitative estimate of drug-likeness (QED) is 0.880. The van der Waals surface area contributed by atoms with Gasteiger partial charge in [-0.05, 0) is 49.6 Å². The van der Waals surface area contributed by atoms with Gasteiger partial charge in [0, 0.05) is 43.4 Å². The minimum absolute atomic E-state index is 0.0271. The summed E-state index contributed by atoms with van der Waals surface area (Å²) in [5.74, 6) is 0. The number of nitrogens with one attached hydrogen (secondary N) is 1. The second-order valence-corrected chi connectivity index (χ2v) is 7.31. The van der Waals surface area contributed by atoms with E-state index in [4.69, 9.17) is 11.6 Å². The third kappa shape index (κ3) is 4.70. The Balaban J connectivity index is 1.45. The van der Waals surface area contributed by atoms with Gasteiger partial charge in [0.15, 0.2) is 0 Å². The summed E-state index contributed by atoms with van der Waals surface area (Å²) in [5, 5.41) is 3.76. The van der Waals surface area contributed by atoms with Gasteiger partial charge in [0.1, 0.15) is 0 Å². The number of piperazine rings is 1. The van der Waals surface area contributed by atoms with Crippen LogP contribution in [0.3, 0.4) is 0 Å². The minimum atomic E-state index is 0.0271. The number of carbonyl (C=O) groups is 1. The lowest BCUT2D eigenvalue weighted by Crippen LogP contribution is -2.52. The van der Waals surface area contributed by atoms with Gasteiger partial charge in [-0.1, -0.05) is 41.4 Å². The van der Waals surface area contributed by atoms with Crippen LogP contribution in [0.2, 0.25) is 5.02 Å². The van der Waals surface area contributed by atoms with Crippen LogP contribution in [0.25, 0.3) is 0 Å². The Hall–Kier alpha value is -2.20. The SMILES string of the molecule is Cc1ccc(N2CCN(C(=O)NCCc3ccc(Cl)cc3)CC2)c(C)c1. The van der Waals surface area contributed by atoms with Crippen LogP contribution in [0, 0.1) is 13.8 Å². The monoisotopic (exact) mass is 371 g/mol. The number of aryl methyl sites for hydroxylation is 2. The highest BCUT2D eigenvalue weighted by molar-refractivity contribution is 6.30. The number of rotatable bonds is 4. The first-order chi connectivity index (χ1) is 12.5. The van der Waals surface area contributed by atoms with Crippen LogP contribution in [-0.4, -0.2) is 43.7 Å². The highest BCUT2D eigenvalue weighted by atomic mass is 35.5. The highest BCUT2D eigenvalue weighted by Crippen LogP contribution is 2.22. The van der Waals surface area contributed by atoms with Gasteiger partial charge in [0.05, 0.1) is 0 Å². The van der Waals surface area contributed by atoms with Gasteiger partial charge < -0.3 is 15.1 Å². The van der Waals surface area contributed by atoms with Crippen molar-refractivity contribution in [3.8, 4) is 0 Å². The third-order valence-corrected chi connectivity index (χ3v) is 5.12. The summed E-state index contributed by atoms with van der Waals surface area (Å²) in [6.07, 6.45) is 0.811. The van der Waals surface area contributed by atoms with Crippen molar-refractivity contribution in [2.75, 3.05) is 37.6 Å². The molecule has 1 saturated heterocycles. The Morgan fingerprint density at radius 2 is 1.73 bits per heavy atom. The molecule has 0 saturated carbocycles. The molecule has 5 heteroatoms. The van der Waals surface area contributed by atoms with Crippen molar-refractivity contribution >= 4 is 23.3 Å². The Morgan fingerprint density at radius 1 is 1.04 bits per heavy atom. The van der Waals surface area contributed by atoms with Crippen molar-refractivity contribution in [2.45, 2.75) is 20.3 Å². The maximum absolute atomic E-state index is 12.4. The maximum atomic E-state index is 12.4. The molecule has 3 rings (SSSR count). The fourth-order valence-corrected chi connectivity index (χ4v) is 3.51. The number of amides is 2. The Bertz CT molecular complexity index is 752. The number of hydrogen-bond donors (Lipinski definition) is 1. The molecule has 1 aliphatic heterocycles. The van der Waals surface area contributed by atoms with Crippen molar-refractivity contribution in [3.05, 3.63) is 64.2 Å². The molecule has 0 aliphatic carbocycles. The number of urea groups is 1. The van der Waals surface area contributed by atoms with Gasteiger partial charge in [-0.2, -0.15) is 0 Å². The van der Waals surface area contributed by atoms with Gasteiger partial charge in [-0.3, -0.25) is 0 Å². The molecule has 2 aromatic rings. The lowest BCUT2D eigenvalue weighted by Gasteiger charge is -2.36. The molecule has 1 fully saturated rings. The number of anilines is 1. The zero-order valence-corrected chi connectivity index (χ0v) is 16.2. The van der Waals surface area contributed by atoms with E-state index in [1.807, 2.05) is 29.2 Å². The molecule has 0 unspecified atom stereocenters. The molecule has 2 aromatic carbocycles. The molecular weight excluding hydrogens is 346 g/mol. The van der Waals surface area contributed by atoms with E-state index in [1.54, 1.807) is 0 Å². The lowest BCUT2D eigenvalue weighted by atomic mass is 10.1. The smallest absolute Gasteiger partial charge is 0.317 e. The lowest BCUT2D eigenvalue weighted by molar-refractivity contribution is 0.194. The second-order valence-electron chi connectivity index (χ2n) is 6.87. The number of carbonyl (C=O) groups excluding carboxylic acids is 1.